The Morgan fingerprint density at radius 2 is 2.06 bits per heavy atom. The normalized spacial score (nSPS) is 14.8. The summed E-state index contributed by atoms with van der Waals surface area (Å²) in [6.07, 6.45) is -0.458. The highest BCUT2D eigenvalue weighted by atomic mass is 16.5. The summed E-state index contributed by atoms with van der Waals surface area (Å²) in [5.41, 5.74) is 2.11. The highest BCUT2D eigenvalue weighted by molar-refractivity contribution is 5.27. The van der Waals surface area contributed by atoms with Crippen molar-refractivity contribution in [2.75, 3.05) is 20.3 Å². The van der Waals surface area contributed by atoms with Crippen molar-refractivity contribution in [3.05, 3.63) is 35.4 Å². The van der Waals surface area contributed by atoms with E-state index in [1.165, 1.54) is 0 Å². The maximum absolute atomic E-state index is 10.0. The number of hydrogen-bond acceptors (Lipinski definition) is 3. The number of nitrogens with one attached hydrogen (secondary N) is 1. The smallest absolute Gasteiger partial charge is 0.0917 e. The van der Waals surface area contributed by atoms with Crippen molar-refractivity contribution < 1.29 is 9.84 Å². The van der Waals surface area contributed by atoms with Crippen molar-refractivity contribution in [1.82, 2.24) is 5.32 Å². The molecule has 0 bridgehead atoms. The van der Waals surface area contributed by atoms with Gasteiger partial charge in [0.1, 0.15) is 0 Å². The molecule has 0 radical (unpaired) electrons. The van der Waals surface area contributed by atoms with Crippen LogP contribution in [-0.4, -0.2) is 31.4 Å². The van der Waals surface area contributed by atoms with E-state index in [1.807, 2.05) is 38.1 Å². The van der Waals surface area contributed by atoms with Crippen molar-refractivity contribution in [3.63, 3.8) is 0 Å². The van der Waals surface area contributed by atoms with Gasteiger partial charge in [0.2, 0.25) is 0 Å². The van der Waals surface area contributed by atoms with E-state index in [-0.39, 0.29) is 6.04 Å². The largest absolute Gasteiger partial charge is 0.387 e. The first kappa shape index (κ1) is 13.2. The van der Waals surface area contributed by atoms with Crippen LogP contribution in [0, 0.1) is 6.92 Å². The molecule has 0 aliphatic heterocycles. The van der Waals surface area contributed by atoms with Crippen LogP contribution in [0.1, 0.15) is 24.2 Å². The molecule has 2 unspecified atom stereocenters. The molecule has 0 saturated carbocycles. The minimum absolute atomic E-state index is 0.253. The van der Waals surface area contributed by atoms with Gasteiger partial charge in [-0.05, 0) is 25.0 Å². The number of aliphatic hydroxyl groups excluding tert-OH is 1. The van der Waals surface area contributed by atoms with Crippen molar-refractivity contribution in [3.8, 4) is 0 Å². The van der Waals surface area contributed by atoms with Gasteiger partial charge in [0.15, 0.2) is 0 Å². The SMILES string of the molecule is COCC(C)NCC(O)c1ccccc1C. The summed E-state index contributed by atoms with van der Waals surface area (Å²) < 4.78 is 5.02. The molecular weight excluding hydrogens is 202 g/mol. The lowest BCUT2D eigenvalue weighted by Gasteiger charge is -2.18. The molecule has 1 rings (SSSR count). The number of aryl methyl sites for hydroxylation is 1. The first-order valence-corrected chi connectivity index (χ1v) is 5.61. The summed E-state index contributed by atoms with van der Waals surface area (Å²) in [4.78, 5) is 0. The Morgan fingerprint density at radius 1 is 1.38 bits per heavy atom. The van der Waals surface area contributed by atoms with E-state index < -0.39 is 6.10 Å². The predicted molar refractivity (Wildman–Crippen MR) is 65.5 cm³/mol. The van der Waals surface area contributed by atoms with Crippen molar-refractivity contribution in [2.45, 2.75) is 26.0 Å². The van der Waals surface area contributed by atoms with Gasteiger partial charge in [-0.15, -0.1) is 0 Å². The van der Waals surface area contributed by atoms with E-state index in [0.717, 1.165) is 11.1 Å². The minimum atomic E-state index is -0.458. The second-order valence-electron chi connectivity index (χ2n) is 4.14. The van der Waals surface area contributed by atoms with Crippen LogP contribution in [0.4, 0.5) is 0 Å². The van der Waals surface area contributed by atoms with Gasteiger partial charge in [0.05, 0.1) is 12.7 Å². The summed E-state index contributed by atoms with van der Waals surface area (Å²) >= 11 is 0. The van der Waals surface area contributed by atoms with E-state index in [9.17, 15) is 5.11 Å². The Balaban J connectivity index is 2.46. The summed E-state index contributed by atoms with van der Waals surface area (Å²) in [6, 6.07) is 8.15. The number of hydrogen-bond donors (Lipinski definition) is 2. The second kappa shape index (κ2) is 6.63. The fraction of sp³-hybridized carbons (Fsp3) is 0.538. The monoisotopic (exact) mass is 223 g/mol. The van der Waals surface area contributed by atoms with Gasteiger partial charge in [-0.25, -0.2) is 0 Å². The van der Waals surface area contributed by atoms with Gasteiger partial charge < -0.3 is 15.2 Å². The third kappa shape index (κ3) is 3.93. The lowest BCUT2D eigenvalue weighted by Crippen LogP contribution is -2.33. The zero-order chi connectivity index (χ0) is 12.0. The average Bonchev–Trinajstić information content (AvgIpc) is 2.27. The van der Waals surface area contributed by atoms with Gasteiger partial charge in [-0.1, -0.05) is 24.3 Å². The molecule has 0 fully saturated rings. The van der Waals surface area contributed by atoms with Crippen LogP contribution in [0.25, 0.3) is 0 Å². The molecular formula is C13H21NO2. The van der Waals surface area contributed by atoms with Crippen molar-refractivity contribution >= 4 is 0 Å². The molecule has 0 aliphatic carbocycles. The highest BCUT2D eigenvalue weighted by Gasteiger charge is 2.10. The van der Waals surface area contributed by atoms with Crippen LogP contribution in [-0.2, 0) is 4.74 Å². The fourth-order valence-corrected chi connectivity index (χ4v) is 1.69. The molecule has 1 aromatic rings. The Labute approximate surface area is 97.4 Å². The van der Waals surface area contributed by atoms with Gasteiger partial charge in [-0.3, -0.25) is 0 Å². The average molecular weight is 223 g/mol. The van der Waals surface area contributed by atoms with Gasteiger partial charge in [0, 0.05) is 19.7 Å². The summed E-state index contributed by atoms with van der Waals surface area (Å²) in [5, 5.41) is 13.2. The van der Waals surface area contributed by atoms with Crippen LogP contribution in [0.2, 0.25) is 0 Å². The number of ether oxygens (including phenoxy) is 1. The topological polar surface area (TPSA) is 41.5 Å². The number of methoxy groups -OCH3 is 1. The van der Waals surface area contributed by atoms with E-state index >= 15 is 0 Å². The highest BCUT2D eigenvalue weighted by Crippen LogP contribution is 2.16. The fourth-order valence-electron chi connectivity index (χ4n) is 1.69. The van der Waals surface area contributed by atoms with Gasteiger partial charge in [-0.2, -0.15) is 0 Å². The Kier molecular flexibility index (Phi) is 5.46. The third-order valence-electron chi connectivity index (χ3n) is 2.62. The minimum Gasteiger partial charge on any atom is -0.387 e. The molecule has 0 amide bonds. The van der Waals surface area contributed by atoms with E-state index in [2.05, 4.69) is 5.32 Å². The van der Waals surface area contributed by atoms with Crippen LogP contribution >= 0.6 is 0 Å². The molecule has 2 atom stereocenters. The molecule has 0 aliphatic rings. The van der Waals surface area contributed by atoms with E-state index in [4.69, 9.17) is 4.74 Å². The lowest BCUT2D eigenvalue weighted by atomic mass is 10.0. The predicted octanol–water partition coefficient (Wildman–Crippen LogP) is 1.65. The molecule has 3 heteroatoms. The molecule has 0 spiro atoms. The molecule has 0 saturated heterocycles. The Bertz CT molecular complexity index is 315. The standard InChI is InChI=1S/C13H21NO2/c1-10-6-4-5-7-12(10)13(15)8-14-11(2)9-16-3/h4-7,11,13-15H,8-9H2,1-3H3. The van der Waals surface area contributed by atoms with Gasteiger partial charge >= 0.3 is 0 Å². The van der Waals surface area contributed by atoms with Crippen LogP contribution < -0.4 is 5.32 Å². The molecule has 1 aromatic carbocycles. The molecule has 90 valence electrons. The first-order chi connectivity index (χ1) is 7.65. The van der Waals surface area contributed by atoms with E-state index in [0.29, 0.717) is 13.2 Å². The summed E-state index contributed by atoms with van der Waals surface area (Å²) in [6.45, 7) is 5.25. The zero-order valence-electron chi connectivity index (χ0n) is 10.2. The van der Waals surface area contributed by atoms with Crippen LogP contribution in [0.5, 0.6) is 0 Å². The van der Waals surface area contributed by atoms with E-state index in [1.54, 1.807) is 7.11 Å². The quantitative estimate of drug-likeness (QED) is 0.770. The molecule has 0 aromatic heterocycles. The molecule has 2 N–H and O–H groups in total. The van der Waals surface area contributed by atoms with Crippen LogP contribution in [0.3, 0.4) is 0 Å². The third-order valence-corrected chi connectivity index (χ3v) is 2.62. The molecule has 3 nitrogen and oxygen atoms in total. The maximum Gasteiger partial charge on any atom is 0.0917 e. The summed E-state index contributed by atoms with van der Waals surface area (Å²) in [5.74, 6) is 0. The van der Waals surface area contributed by atoms with Crippen molar-refractivity contribution in [1.29, 1.82) is 0 Å². The molecule has 16 heavy (non-hydrogen) atoms. The Hall–Kier alpha value is -0.900. The number of rotatable bonds is 6. The maximum atomic E-state index is 10.0. The zero-order valence-corrected chi connectivity index (χ0v) is 10.2. The Morgan fingerprint density at radius 3 is 2.69 bits per heavy atom. The lowest BCUT2D eigenvalue weighted by molar-refractivity contribution is 0.143. The second-order valence-corrected chi connectivity index (χ2v) is 4.14. The summed E-state index contributed by atoms with van der Waals surface area (Å²) in [7, 11) is 1.68. The van der Waals surface area contributed by atoms with Gasteiger partial charge in [0.25, 0.3) is 0 Å². The van der Waals surface area contributed by atoms with Crippen molar-refractivity contribution in [2.24, 2.45) is 0 Å². The molecule has 0 heterocycles. The number of aliphatic hydroxyl groups is 1. The first-order valence-electron chi connectivity index (χ1n) is 5.61. The van der Waals surface area contributed by atoms with Crippen LogP contribution in [0.15, 0.2) is 24.3 Å². The number of benzene rings is 1.